The number of hydrogen-bond donors (Lipinski definition) is 2. The minimum Gasteiger partial charge on any atom is -0.355 e. The molecule has 3 rings (SSSR count). The van der Waals surface area contributed by atoms with Crippen LogP contribution in [0.25, 0.3) is 0 Å². The molecule has 0 heterocycles. The lowest BCUT2D eigenvalue weighted by molar-refractivity contribution is -0.134. The number of anilines is 1. The van der Waals surface area contributed by atoms with Gasteiger partial charge in [-0.3, -0.25) is 9.59 Å². The van der Waals surface area contributed by atoms with E-state index in [2.05, 4.69) is 10.6 Å². The van der Waals surface area contributed by atoms with Crippen LogP contribution in [0.5, 0.6) is 0 Å². The minimum absolute atomic E-state index is 0.235. The van der Waals surface area contributed by atoms with Crippen molar-refractivity contribution in [3.63, 3.8) is 0 Å². The molecule has 1 aliphatic rings. The first-order chi connectivity index (χ1) is 12.8. The van der Waals surface area contributed by atoms with Gasteiger partial charge in [0, 0.05) is 6.54 Å². The van der Waals surface area contributed by atoms with E-state index in [1.807, 2.05) is 0 Å². The zero-order valence-electron chi connectivity index (χ0n) is 14.1. The first kappa shape index (κ1) is 18.9. The quantitative estimate of drug-likeness (QED) is 0.459. The highest BCUT2D eigenvalue weighted by Gasteiger charge is 2.56. The molecule has 1 fully saturated rings. The third-order valence-corrected chi connectivity index (χ3v) is 4.52. The lowest BCUT2D eigenvalue weighted by atomic mass is 10.0. The number of hydrogen-bond acceptors (Lipinski definition) is 2. The van der Waals surface area contributed by atoms with E-state index in [4.69, 9.17) is 0 Å². The Bertz CT molecular complexity index is 880. The Balaban J connectivity index is 1.59. The number of halogens is 4. The van der Waals surface area contributed by atoms with Gasteiger partial charge in [-0.2, -0.15) is 0 Å². The lowest BCUT2D eigenvalue weighted by Gasteiger charge is -2.16. The van der Waals surface area contributed by atoms with Crippen LogP contribution in [0.3, 0.4) is 0 Å². The topological polar surface area (TPSA) is 58.2 Å². The van der Waals surface area contributed by atoms with Crippen molar-refractivity contribution in [1.82, 2.24) is 5.32 Å². The molecule has 4 nitrogen and oxygen atoms in total. The predicted octanol–water partition coefficient (Wildman–Crippen LogP) is 3.32. The summed E-state index contributed by atoms with van der Waals surface area (Å²) in [5, 5.41) is 4.78. The first-order valence-corrected chi connectivity index (χ1v) is 8.31. The summed E-state index contributed by atoms with van der Waals surface area (Å²) >= 11 is 0. The molecule has 0 bridgehead atoms. The molecule has 8 heteroatoms. The van der Waals surface area contributed by atoms with E-state index in [-0.39, 0.29) is 25.2 Å². The van der Waals surface area contributed by atoms with Crippen molar-refractivity contribution in [3.05, 3.63) is 65.2 Å². The van der Waals surface area contributed by atoms with Crippen LogP contribution in [0.4, 0.5) is 23.2 Å². The SMILES string of the molecule is O=C(NCCc1ccc(F)cc1)C1(C(=O)Nc2ccc(F)c(F)c2F)CC1. The van der Waals surface area contributed by atoms with E-state index in [1.54, 1.807) is 12.1 Å². The van der Waals surface area contributed by atoms with Gasteiger partial charge in [0.05, 0.1) is 5.69 Å². The molecule has 0 spiro atoms. The molecular formula is C19H16F4N2O2. The van der Waals surface area contributed by atoms with Gasteiger partial charge in [-0.05, 0) is 49.1 Å². The van der Waals surface area contributed by atoms with E-state index in [0.717, 1.165) is 11.6 Å². The maximum absolute atomic E-state index is 13.7. The van der Waals surface area contributed by atoms with Gasteiger partial charge in [-0.25, -0.2) is 17.6 Å². The van der Waals surface area contributed by atoms with Crippen molar-refractivity contribution in [3.8, 4) is 0 Å². The van der Waals surface area contributed by atoms with Crippen LogP contribution < -0.4 is 10.6 Å². The molecule has 142 valence electrons. The summed E-state index contributed by atoms with van der Waals surface area (Å²) in [4.78, 5) is 24.7. The highest BCUT2D eigenvalue weighted by Crippen LogP contribution is 2.47. The summed E-state index contributed by atoms with van der Waals surface area (Å²) in [7, 11) is 0. The van der Waals surface area contributed by atoms with Crippen molar-refractivity contribution in [2.24, 2.45) is 5.41 Å². The first-order valence-electron chi connectivity index (χ1n) is 8.31. The van der Waals surface area contributed by atoms with Gasteiger partial charge < -0.3 is 10.6 Å². The minimum atomic E-state index is -1.69. The van der Waals surface area contributed by atoms with Crippen molar-refractivity contribution in [1.29, 1.82) is 0 Å². The molecule has 0 unspecified atom stereocenters. The molecule has 0 aliphatic heterocycles. The summed E-state index contributed by atoms with van der Waals surface area (Å²) in [5.41, 5.74) is -1.06. The third-order valence-electron chi connectivity index (χ3n) is 4.52. The van der Waals surface area contributed by atoms with E-state index in [1.165, 1.54) is 12.1 Å². The number of benzene rings is 2. The Morgan fingerprint density at radius 2 is 1.56 bits per heavy atom. The number of carbonyl (C=O) groups is 2. The number of carbonyl (C=O) groups excluding carboxylic acids is 2. The highest BCUT2D eigenvalue weighted by atomic mass is 19.2. The normalized spacial score (nSPS) is 14.5. The van der Waals surface area contributed by atoms with Crippen molar-refractivity contribution in [2.45, 2.75) is 19.3 Å². The van der Waals surface area contributed by atoms with Crippen LogP contribution in [-0.2, 0) is 16.0 Å². The average molecular weight is 380 g/mol. The fourth-order valence-electron chi connectivity index (χ4n) is 2.69. The Morgan fingerprint density at radius 1 is 0.889 bits per heavy atom. The Labute approximate surface area is 152 Å². The van der Waals surface area contributed by atoms with Crippen LogP contribution in [0.15, 0.2) is 36.4 Å². The fraction of sp³-hybridized carbons (Fsp3) is 0.263. The molecule has 0 atom stereocenters. The van der Waals surface area contributed by atoms with Gasteiger partial charge in [0.2, 0.25) is 11.8 Å². The molecule has 1 saturated carbocycles. The van der Waals surface area contributed by atoms with Crippen molar-refractivity contribution < 1.29 is 27.2 Å². The van der Waals surface area contributed by atoms with Crippen LogP contribution in [-0.4, -0.2) is 18.4 Å². The molecule has 2 aromatic rings. The summed E-state index contributed by atoms with van der Waals surface area (Å²) < 4.78 is 52.8. The molecule has 2 N–H and O–H groups in total. The van der Waals surface area contributed by atoms with Crippen LogP contribution >= 0.6 is 0 Å². The van der Waals surface area contributed by atoms with E-state index >= 15 is 0 Å². The summed E-state index contributed by atoms with van der Waals surface area (Å²) in [6.07, 6.45) is 0.987. The van der Waals surface area contributed by atoms with Crippen LogP contribution in [0.1, 0.15) is 18.4 Å². The van der Waals surface area contributed by atoms with Gasteiger partial charge in [-0.1, -0.05) is 12.1 Å². The van der Waals surface area contributed by atoms with Crippen LogP contribution in [0, 0.1) is 28.7 Å². The zero-order chi connectivity index (χ0) is 19.6. The van der Waals surface area contributed by atoms with Crippen molar-refractivity contribution in [2.75, 3.05) is 11.9 Å². The molecule has 27 heavy (non-hydrogen) atoms. The largest absolute Gasteiger partial charge is 0.355 e. The van der Waals surface area contributed by atoms with Gasteiger partial charge in [0.25, 0.3) is 0 Å². The van der Waals surface area contributed by atoms with Crippen molar-refractivity contribution >= 4 is 17.5 Å². The lowest BCUT2D eigenvalue weighted by Crippen LogP contribution is -2.40. The second-order valence-electron chi connectivity index (χ2n) is 6.39. The smallest absolute Gasteiger partial charge is 0.240 e. The Hall–Kier alpha value is -2.90. The number of amides is 2. The van der Waals surface area contributed by atoms with E-state index < -0.39 is 40.4 Å². The third kappa shape index (κ3) is 3.94. The molecular weight excluding hydrogens is 364 g/mol. The monoisotopic (exact) mass is 380 g/mol. The second-order valence-corrected chi connectivity index (χ2v) is 6.39. The zero-order valence-corrected chi connectivity index (χ0v) is 14.1. The summed E-state index contributed by atoms with van der Waals surface area (Å²) in [5.74, 6) is -6.24. The maximum atomic E-state index is 13.7. The second kappa shape index (κ2) is 7.38. The number of nitrogens with one attached hydrogen (secondary N) is 2. The highest BCUT2D eigenvalue weighted by molar-refractivity contribution is 6.13. The summed E-state index contributed by atoms with van der Waals surface area (Å²) in [6, 6.07) is 7.39. The van der Waals surface area contributed by atoms with E-state index in [9.17, 15) is 27.2 Å². The van der Waals surface area contributed by atoms with Gasteiger partial charge >= 0.3 is 0 Å². The van der Waals surface area contributed by atoms with Gasteiger partial charge in [-0.15, -0.1) is 0 Å². The standard InChI is InChI=1S/C19H16F4N2O2/c20-12-3-1-11(2-4-12)7-10-24-17(26)19(8-9-19)18(27)25-14-6-5-13(21)15(22)16(14)23/h1-6H,7-10H2,(H,24,26)(H,25,27). The Morgan fingerprint density at radius 3 is 2.19 bits per heavy atom. The predicted molar refractivity (Wildman–Crippen MR) is 89.7 cm³/mol. The molecule has 2 amide bonds. The summed E-state index contributed by atoms with van der Waals surface area (Å²) in [6.45, 7) is 0.235. The molecule has 0 aromatic heterocycles. The fourth-order valence-corrected chi connectivity index (χ4v) is 2.69. The van der Waals surface area contributed by atoms with E-state index in [0.29, 0.717) is 12.5 Å². The van der Waals surface area contributed by atoms with Gasteiger partial charge in [0.1, 0.15) is 11.2 Å². The number of rotatable bonds is 6. The molecule has 2 aromatic carbocycles. The molecule has 1 aliphatic carbocycles. The average Bonchev–Trinajstić information content (AvgIpc) is 3.46. The molecule has 0 saturated heterocycles. The maximum Gasteiger partial charge on any atom is 0.240 e. The molecule has 0 radical (unpaired) electrons. The Kier molecular flexibility index (Phi) is 5.16. The van der Waals surface area contributed by atoms with Crippen LogP contribution in [0.2, 0.25) is 0 Å². The van der Waals surface area contributed by atoms with Gasteiger partial charge in [0.15, 0.2) is 17.5 Å².